The average Bonchev–Trinajstić information content (AvgIpc) is 2.78. The van der Waals surface area contributed by atoms with Crippen molar-refractivity contribution in [1.29, 1.82) is 0 Å². The predicted octanol–water partition coefficient (Wildman–Crippen LogP) is 2.69. The first-order valence-electron chi connectivity index (χ1n) is 5.76. The maximum absolute atomic E-state index is 4.41. The lowest BCUT2D eigenvalue weighted by molar-refractivity contribution is 0.487. The van der Waals surface area contributed by atoms with Gasteiger partial charge < -0.3 is 5.32 Å². The Morgan fingerprint density at radius 2 is 2.12 bits per heavy atom. The van der Waals surface area contributed by atoms with Gasteiger partial charge in [0.05, 0.1) is 15.8 Å². The highest BCUT2D eigenvalue weighted by Gasteiger charge is 2.13. The molecule has 0 fully saturated rings. The number of likely N-dealkylation sites (N-methyl/N-ethyl adjacent to an activating group) is 1. The largest absolute Gasteiger partial charge is 0.315 e. The lowest BCUT2D eigenvalue weighted by Gasteiger charge is -2.18. The number of aromatic nitrogens is 2. The zero-order valence-electron chi connectivity index (χ0n) is 9.81. The van der Waals surface area contributed by atoms with Crippen molar-refractivity contribution in [3.8, 4) is 0 Å². The molecule has 4 heteroatoms. The molecule has 3 nitrogen and oxygen atoms in total. The van der Waals surface area contributed by atoms with Crippen LogP contribution >= 0.6 is 22.6 Å². The maximum atomic E-state index is 4.41. The van der Waals surface area contributed by atoms with E-state index >= 15 is 0 Å². The smallest absolute Gasteiger partial charge is 0.0893 e. The molecular formula is C13H16IN3. The van der Waals surface area contributed by atoms with Crippen molar-refractivity contribution in [2.24, 2.45) is 0 Å². The Balaban J connectivity index is 2.25. The topological polar surface area (TPSA) is 29.9 Å². The van der Waals surface area contributed by atoms with E-state index in [1.165, 1.54) is 9.13 Å². The van der Waals surface area contributed by atoms with Crippen molar-refractivity contribution in [2.75, 3.05) is 13.1 Å². The maximum Gasteiger partial charge on any atom is 0.0893 e. The van der Waals surface area contributed by atoms with Gasteiger partial charge in [0, 0.05) is 12.7 Å². The van der Waals surface area contributed by atoms with Crippen LogP contribution < -0.4 is 5.32 Å². The number of hydrogen-bond acceptors (Lipinski definition) is 2. The van der Waals surface area contributed by atoms with E-state index in [-0.39, 0.29) is 6.04 Å². The van der Waals surface area contributed by atoms with Crippen molar-refractivity contribution < 1.29 is 0 Å². The van der Waals surface area contributed by atoms with E-state index in [0.29, 0.717) is 0 Å². The summed E-state index contributed by atoms with van der Waals surface area (Å²) in [6.45, 7) is 3.99. The summed E-state index contributed by atoms with van der Waals surface area (Å²) in [7, 11) is 0. The minimum Gasteiger partial charge on any atom is -0.315 e. The zero-order valence-corrected chi connectivity index (χ0v) is 12.0. The van der Waals surface area contributed by atoms with Gasteiger partial charge in [-0.3, -0.25) is 4.68 Å². The van der Waals surface area contributed by atoms with Gasteiger partial charge in [-0.15, -0.1) is 0 Å². The molecule has 0 saturated carbocycles. The summed E-state index contributed by atoms with van der Waals surface area (Å²) in [6, 6.07) is 10.7. The summed E-state index contributed by atoms with van der Waals surface area (Å²) >= 11 is 2.29. The highest BCUT2D eigenvalue weighted by Crippen LogP contribution is 2.17. The zero-order chi connectivity index (χ0) is 12.1. The van der Waals surface area contributed by atoms with Crippen LogP contribution in [0.3, 0.4) is 0 Å². The molecule has 2 rings (SSSR count). The molecule has 0 spiro atoms. The van der Waals surface area contributed by atoms with Crippen molar-refractivity contribution in [1.82, 2.24) is 15.1 Å². The van der Waals surface area contributed by atoms with Crippen LogP contribution in [0.5, 0.6) is 0 Å². The van der Waals surface area contributed by atoms with E-state index in [0.717, 1.165) is 13.1 Å². The van der Waals surface area contributed by atoms with E-state index in [1.54, 1.807) is 0 Å². The van der Waals surface area contributed by atoms with Gasteiger partial charge in [0.1, 0.15) is 0 Å². The third-order valence-electron chi connectivity index (χ3n) is 2.66. The summed E-state index contributed by atoms with van der Waals surface area (Å²) in [6.07, 6.45) is 3.97. The first-order valence-corrected chi connectivity index (χ1v) is 6.84. The Kier molecular flexibility index (Phi) is 4.56. The second-order valence-corrected chi connectivity index (χ2v) is 5.12. The van der Waals surface area contributed by atoms with Gasteiger partial charge in [0.2, 0.25) is 0 Å². The number of nitrogens with one attached hydrogen (secondary N) is 1. The SMILES string of the molecule is CCNCC(c1ccccc1)n1cc(I)cn1. The molecule has 0 aliphatic carbocycles. The lowest BCUT2D eigenvalue weighted by atomic mass is 10.1. The van der Waals surface area contributed by atoms with Crippen LogP contribution in [0, 0.1) is 3.57 Å². The van der Waals surface area contributed by atoms with Gasteiger partial charge in [0.25, 0.3) is 0 Å². The average molecular weight is 341 g/mol. The molecule has 0 amide bonds. The van der Waals surface area contributed by atoms with Gasteiger partial charge in [-0.1, -0.05) is 37.3 Å². The lowest BCUT2D eigenvalue weighted by Crippen LogP contribution is -2.26. The Labute approximate surface area is 115 Å². The Morgan fingerprint density at radius 1 is 1.35 bits per heavy atom. The third-order valence-corrected chi connectivity index (χ3v) is 3.22. The molecule has 0 saturated heterocycles. The molecule has 1 aromatic carbocycles. The van der Waals surface area contributed by atoms with Gasteiger partial charge >= 0.3 is 0 Å². The molecule has 1 atom stereocenters. The number of nitrogens with zero attached hydrogens (tertiary/aromatic N) is 2. The van der Waals surface area contributed by atoms with Crippen molar-refractivity contribution in [2.45, 2.75) is 13.0 Å². The highest BCUT2D eigenvalue weighted by atomic mass is 127. The van der Waals surface area contributed by atoms with Crippen molar-refractivity contribution in [3.63, 3.8) is 0 Å². The van der Waals surface area contributed by atoms with Gasteiger partial charge in [-0.05, 0) is 34.7 Å². The molecule has 0 aliphatic rings. The minimum absolute atomic E-state index is 0.264. The third kappa shape index (κ3) is 3.29. The molecule has 2 aromatic rings. The van der Waals surface area contributed by atoms with Gasteiger partial charge in [0.15, 0.2) is 0 Å². The molecule has 0 radical (unpaired) electrons. The molecule has 1 heterocycles. The Hall–Kier alpha value is -0.880. The van der Waals surface area contributed by atoms with E-state index in [1.807, 2.05) is 16.9 Å². The van der Waals surface area contributed by atoms with Crippen molar-refractivity contribution in [3.05, 3.63) is 51.9 Å². The van der Waals surface area contributed by atoms with Crippen LogP contribution in [0.2, 0.25) is 0 Å². The molecule has 0 bridgehead atoms. The quantitative estimate of drug-likeness (QED) is 0.848. The molecular weight excluding hydrogens is 325 g/mol. The molecule has 1 unspecified atom stereocenters. The summed E-state index contributed by atoms with van der Waals surface area (Å²) < 4.78 is 3.19. The van der Waals surface area contributed by atoms with Crippen LogP contribution in [-0.4, -0.2) is 22.9 Å². The monoisotopic (exact) mass is 341 g/mol. The standard InChI is InChI=1S/C13H16IN3/c1-2-15-9-13(11-6-4-3-5-7-11)17-10-12(14)8-16-17/h3-8,10,13,15H,2,9H2,1H3. The van der Waals surface area contributed by atoms with E-state index in [9.17, 15) is 0 Å². The fraction of sp³-hybridized carbons (Fsp3) is 0.308. The molecule has 0 aliphatic heterocycles. The Bertz CT molecular complexity index is 453. The summed E-state index contributed by atoms with van der Waals surface area (Å²) in [5, 5.41) is 7.81. The second-order valence-electron chi connectivity index (χ2n) is 3.87. The molecule has 90 valence electrons. The number of halogens is 1. The normalized spacial score (nSPS) is 12.6. The van der Waals surface area contributed by atoms with E-state index in [4.69, 9.17) is 0 Å². The van der Waals surface area contributed by atoms with Crippen LogP contribution in [-0.2, 0) is 0 Å². The fourth-order valence-electron chi connectivity index (χ4n) is 1.81. The number of rotatable bonds is 5. The van der Waals surface area contributed by atoms with E-state index in [2.05, 4.69) is 70.4 Å². The fourth-order valence-corrected chi connectivity index (χ4v) is 2.22. The summed E-state index contributed by atoms with van der Waals surface area (Å²) in [5.41, 5.74) is 1.29. The van der Waals surface area contributed by atoms with Crippen molar-refractivity contribution >= 4 is 22.6 Å². The van der Waals surface area contributed by atoms with Crippen LogP contribution in [0.1, 0.15) is 18.5 Å². The highest BCUT2D eigenvalue weighted by molar-refractivity contribution is 14.1. The number of hydrogen-bond donors (Lipinski definition) is 1. The first-order chi connectivity index (χ1) is 8.31. The number of benzene rings is 1. The predicted molar refractivity (Wildman–Crippen MR) is 78.1 cm³/mol. The molecule has 1 aromatic heterocycles. The molecule has 1 N–H and O–H groups in total. The Morgan fingerprint density at radius 3 is 2.71 bits per heavy atom. The first kappa shape index (κ1) is 12.6. The summed E-state index contributed by atoms with van der Waals surface area (Å²) in [4.78, 5) is 0. The minimum atomic E-state index is 0.264. The van der Waals surface area contributed by atoms with E-state index < -0.39 is 0 Å². The molecule has 17 heavy (non-hydrogen) atoms. The van der Waals surface area contributed by atoms with Gasteiger partial charge in [-0.25, -0.2) is 0 Å². The van der Waals surface area contributed by atoms with Gasteiger partial charge in [-0.2, -0.15) is 5.10 Å². The van der Waals surface area contributed by atoms with Crippen LogP contribution in [0.4, 0.5) is 0 Å². The summed E-state index contributed by atoms with van der Waals surface area (Å²) in [5.74, 6) is 0. The van der Waals surface area contributed by atoms with Crippen LogP contribution in [0.15, 0.2) is 42.7 Å². The van der Waals surface area contributed by atoms with Crippen LogP contribution in [0.25, 0.3) is 0 Å². The second kappa shape index (κ2) is 6.16.